The van der Waals surface area contributed by atoms with Crippen molar-refractivity contribution in [1.29, 1.82) is 0 Å². The van der Waals surface area contributed by atoms with Gasteiger partial charge in [0.1, 0.15) is 5.76 Å². The lowest BCUT2D eigenvalue weighted by atomic mass is 10.2. The molecule has 1 aliphatic carbocycles. The van der Waals surface area contributed by atoms with Crippen LogP contribution in [0.2, 0.25) is 0 Å². The third-order valence-corrected chi connectivity index (χ3v) is 5.14. The van der Waals surface area contributed by atoms with Crippen molar-refractivity contribution in [1.82, 2.24) is 10.3 Å². The summed E-state index contributed by atoms with van der Waals surface area (Å²) >= 11 is 1.88. The molecule has 122 valence electrons. The first-order chi connectivity index (χ1) is 11.1. The average Bonchev–Trinajstić information content (AvgIpc) is 3.16. The maximum Gasteiger partial charge on any atom is 0.319 e. The number of oxazole rings is 1. The Morgan fingerprint density at radius 1 is 1.39 bits per heavy atom. The molecule has 2 N–H and O–H groups in total. The van der Waals surface area contributed by atoms with Gasteiger partial charge in [-0.05, 0) is 50.6 Å². The molecule has 1 saturated carbocycles. The van der Waals surface area contributed by atoms with Crippen LogP contribution in [0.5, 0.6) is 0 Å². The van der Waals surface area contributed by atoms with E-state index in [9.17, 15) is 4.79 Å². The van der Waals surface area contributed by atoms with Crippen molar-refractivity contribution in [3.05, 3.63) is 36.2 Å². The zero-order valence-electron chi connectivity index (χ0n) is 13.3. The molecule has 23 heavy (non-hydrogen) atoms. The van der Waals surface area contributed by atoms with Crippen molar-refractivity contribution >= 4 is 23.5 Å². The van der Waals surface area contributed by atoms with E-state index >= 15 is 0 Å². The van der Waals surface area contributed by atoms with Crippen LogP contribution in [-0.4, -0.2) is 28.6 Å². The highest BCUT2D eigenvalue weighted by molar-refractivity contribution is 7.99. The highest BCUT2D eigenvalue weighted by atomic mass is 32.2. The summed E-state index contributed by atoms with van der Waals surface area (Å²) in [4.78, 5) is 16.4. The molecule has 1 fully saturated rings. The van der Waals surface area contributed by atoms with Gasteiger partial charge in [0.15, 0.2) is 0 Å². The number of anilines is 1. The average molecular weight is 331 g/mol. The van der Waals surface area contributed by atoms with Crippen LogP contribution in [0.15, 0.2) is 34.9 Å². The molecule has 1 aromatic carbocycles. The van der Waals surface area contributed by atoms with E-state index < -0.39 is 0 Å². The summed E-state index contributed by atoms with van der Waals surface area (Å²) in [5.74, 6) is 1.32. The molecule has 6 heteroatoms. The zero-order valence-corrected chi connectivity index (χ0v) is 14.2. The van der Waals surface area contributed by atoms with E-state index in [2.05, 4.69) is 21.9 Å². The number of amides is 2. The Labute approximate surface area is 140 Å². The zero-order chi connectivity index (χ0) is 16.2. The third kappa shape index (κ3) is 4.07. The Morgan fingerprint density at radius 2 is 2.26 bits per heavy atom. The molecule has 1 aromatic heterocycles. The van der Waals surface area contributed by atoms with Crippen LogP contribution in [0.25, 0.3) is 11.5 Å². The van der Waals surface area contributed by atoms with Gasteiger partial charge in [-0.1, -0.05) is 6.07 Å². The second-order valence-corrected chi connectivity index (χ2v) is 6.96. The summed E-state index contributed by atoms with van der Waals surface area (Å²) < 4.78 is 5.52. The molecule has 2 atom stereocenters. The van der Waals surface area contributed by atoms with Crippen molar-refractivity contribution in [2.75, 3.05) is 11.6 Å². The summed E-state index contributed by atoms with van der Waals surface area (Å²) in [5.41, 5.74) is 1.58. The molecule has 3 rings (SSSR count). The number of nitrogens with zero attached hydrogens (tertiary/aromatic N) is 1. The largest absolute Gasteiger partial charge is 0.441 e. The standard InChI is InChI=1S/C17H21N3O2S/c1-11-10-18-16(22-11)12-4-3-5-13(8-12)19-17(21)20-14-6-7-15(9-14)23-2/h3-5,8,10,14-15H,6-7,9H2,1-2H3,(H2,19,20,21)/t14-,15-/m0/s1. The minimum absolute atomic E-state index is 0.155. The number of urea groups is 1. The number of aryl methyl sites for hydroxylation is 1. The Balaban J connectivity index is 1.60. The van der Waals surface area contributed by atoms with Crippen LogP contribution >= 0.6 is 11.8 Å². The quantitative estimate of drug-likeness (QED) is 0.887. The molecule has 2 aromatic rings. The molecule has 0 saturated heterocycles. The Hall–Kier alpha value is -1.95. The topological polar surface area (TPSA) is 67.2 Å². The van der Waals surface area contributed by atoms with E-state index in [0.29, 0.717) is 11.1 Å². The van der Waals surface area contributed by atoms with Crippen LogP contribution in [-0.2, 0) is 0 Å². The molecule has 0 spiro atoms. The lowest BCUT2D eigenvalue weighted by Gasteiger charge is -2.14. The number of hydrogen-bond acceptors (Lipinski definition) is 4. The maximum atomic E-state index is 12.1. The van der Waals surface area contributed by atoms with Crippen molar-refractivity contribution in [3.8, 4) is 11.5 Å². The molecule has 0 unspecified atom stereocenters. The molecule has 1 aliphatic rings. The van der Waals surface area contributed by atoms with Crippen molar-refractivity contribution in [2.45, 2.75) is 37.5 Å². The van der Waals surface area contributed by atoms with Gasteiger partial charge >= 0.3 is 6.03 Å². The van der Waals surface area contributed by atoms with Gasteiger partial charge < -0.3 is 15.1 Å². The van der Waals surface area contributed by atoms with Gasteiger partial charge in [0.25, 0.3) is 0 Å². The molecular weight excluding hydrogens is 310 g/mol. The first kappa shape index (κ1) is 15.9. The monoisotopic (exact) mass is 331 g/mol. The van der Waals surface area contributed by atoms with Crippen LogP contribution in [0.4, 0.5) is 10.5 Å². The smallest absolute Gasteiger partial charge is 0.319 e. The van der Waals surface area contributed by atoms with E-state index in [0.717, 1.165) is 29.9 Å². The lowest BCUT2D eigenvalue weighted by Crippen LogP contribution is -2.36. The third-order valence-electron chi connectivity index (χ3n) is 4.04. The molecular formula is C17H21N3O2S. The van der Waals surface area contributed by atoms with Gasteiger partial charge in [-0.2, -0.15) is 11.8 Å². The van der Waals surface area contributed by atoms with E-state index in [1.807, 2.05) is 43.0 Å². The number of aromatic nitrogens is 1. The first-order valence-electron chi connectivity index (χ1n) is 7.77. The number of hydrogen-bond donors (Lipinski definition) is 2. The van der Waals surface area contributed by atoms with E-state index in [1.54, 1.807) is 6.20 Å². The first-order valence-corrected chi connectivity index (χ1v) is 9.06. The molecule has 2 amide bonds. The van der Waals surface area contributed by atoms with Crippen LogP contribution < -0.4 is 10.6 Å². The second kappa shape index (κ2) is 7.08. The Morgan fingerprint density at radius 3 is 2.96 bits per heavy atom. The maximum absolute atomic E-state index is 12.1. The van der Waals surface area contributed by atoms with Gasteiger partial charge in [0.05, 0.1) is 6.20 Å². The summed E-state index contributed by atoms with van der Waals surface area (Å²) in [6.07, 6.45) is 7.08. The van der Waals surface area contributed by atoms with Crippen LogP contribution in [0.1, 0.15) is 25.0 Å². The van der Waals surface area contributed by atoms with E-state index in [-0.39, 0.29) is 12.1 Å². The van der Waals surface area contributed by atoms with Gasteiger partial charge in [-0.15, -0.1) is 0 Å². The predicted molar refractivity (Wildman–Crippen MR) is 93.8 cm³/mol. The summed E-state index contributed by atoms with van der Waals surface area (Å²) in [6, 6.07) is 7.63. The van der Waals surface area contributed by atoms with Crippen molar-refractivity contribution < 1.29 is 9.21 Å². The summed E-state index contributed by atoms with van der Waals surface area (Å²) in [7, 11) is 0. The van der Waals surface area contributed by atoms with Gasteiger partial charge in [0.2, 0.25) is 5.89 Å². The molecule has 0 bridgehead atoms. The van der Waals surface area contributed by atoms with Crippen LogP contribution in [0, 0.1) is 6.92 Å². The normalized spacial score (nSPS) is 20.4. The van der Waals surface area contributed by atoms with Crippen molar-refractivity contribution in [2.24, 2.45) is 0 Å². The van der Waals surface area contributed by atoms with Gasteiger partial charge in [-0.3, -0.25) is 0 Å². The highest BCUT2D eigenvalue weighted by Crippen LogP contribution is 2.28. The highest BCUT2D eigenvalue weighted by Gasteiger charge is 2.25. The van der Waals surface area contributed by atoms with Gasteiger partial charge in [0, 0.05) is 22.5 Å². The van der Waals surface area contributed by atoms with E-state index in [1.165, 1.54) is 6.42 Å². The molecule has 1 heterocycles. The fraction of sp³-hybridized carbons (Fsp3) is 0.412. The van der Waals surface area contributed by atoms with E-state index in [4.69, 9.17) is 4.42 Å². The van der Waals surface area contributed by atoms with Gasteiger partial charge in [-0.25, -0.2) is 9.78 Å². The Bertz CT molecular complexity index is 686. The minimum atomic E-state index is -0.155. The molecule has 5 nitrogen and oxygen atoms in total. The summed E-state index contributed by atoms with van der Waals surface area (Å²) in [6.45, 7) is 1.86. The summed E-state index contributed by atoms with van der Waals surface area (Å²) in [5, 5.41) is 6.61. The van der Waals surface area contributed by atoms with Crippen LogP contribution in [0.3, 0.4) is 0 Å². The number of benzene rings is 1. The number of thioether (sulfide) groups is 1. The lowest BCUT2D eigenvalue weighted by molar-refractivity contribution is 0.248. The minimum Gasteiger partial charge on any atom is -0.441 e. The van der Waals surface area contributed by atoms with Crippen molar-refractivity contribution in [3.63, 3.8) is 0 Å². The second-order valence-electron chi connectivity index (χ2n) is 5.82. The number of carbonyl (C=O) groups is 1. The number of carbonyl (C=O) groups excluding carboxylic acids is 1. The fourth-order valence-corrected chi connectivity index (χ4v) is 3.65. The number of nitrogens with one attached hydrogen (secondary N) is 2. The number of rotatable bonds is 4. The molecule has 0 radical (unpaired) electrons. The molecule has 0 aliphatic heterocycles. The Kier molecular flexibility index (Phi) is 4.91. The fourth-order valence-electron chi connectivity index (χ4n) is 2.86. The SMILES string of the molecule is CS[C@H]1CC[C@H](NC(=O)Nc2cccc(-c3ncc(C)o3)c2)C1. The predicted octanol–water partition coefficient (Wildman–Crippen LogP) is 4.06.